The number of rotatable bonds is 4. The van der Waals surface area contributed by atoms with Crippen LogP contribution in [0.3, 0.4) is 0 Å². The van der Waals surface area contributed by atoms with E-state index in [9.17, 15) is 4.79 Å². The van der Waals surface area contributed by atoms with Crippen LogP contribution in [0.5, 0.6) is 5.75 Å². The molecule has 1 amide bonds. The molecular formula is C22H17ClN4O3. The van der Waals surface area contributed by atoms with Gasteiger partial charge in [0.1, 0.15) is 22.7 Å². The Bertz CT molecular complexity index is 1230. The lowest BCUT2D eigenvalue weighted by atomic mass is 10.1. The summed E-state index contributed by atoms with van der Waals surface area (Å²) in [6.07, 6.45) is 3.75. The number of amides is 1. The van der Waals surface area contributed by atoms with Crippen LogP contribution in [0, 0.1) is 0 Å². The minimum Gasteiger partial charge on any atom is -0.482 e. The predicted octanol–water partition coefficient (Wildman–Crippen LogP) is 4.05. The number of para-hydroxylation sites is 1. The van der Waals surface area contributed by atoms with Gasteiger partial charge in [-0.25, -0.2) is 9.97 Å². The van der Waals surface area contributed by atoms with Gasteiger partial charge in [-0.15, -0.1) is 0 Å². The highest BCUT2D eigenvalue weighted by Gasteiger charge is 2.25. The summed E-state index contributed by atoms with van der Waals surface area (Å²) in [5.74, 6) is 0.785. The second kappa shape index (κ2) is 7.76. The van der Waals surface area contributed by atoms with Gasteiger partial charge in [-0.1, -0.05) is 35.9 Å². The van der Waals surface area contributed by atoms with Gasteiger partial charge in [0.25, 0.3) is 5.91 Å². The van der Waals surface area contributed by atoms with E-state index in [2.05, 4.69) is 15.0 Å². The molecule has 0 aliphatic carbocycles. The summed E-state index contributed by atoms with van der Waals surface area (Å²) in [7, 11) is 0. The fourth-order valence-electron chi connectivity index (χ4n) is 3.53. The van der Waals surface area contributed by atoms with E-state index in [1.807, 2.05) is 36.4 Å². The van der Waals surface area contributed by atoms with Crippen molar-refractivity contribution in [3.63, 3.8) is 0 Å². The number of hydrogen-bond acceptors (Lipinski definition) is 6. The molecule has 7 nitrogen and oxygen atoms in total. The maximum atomic E-state index is 12.8. The van der Waals surface area contributed by atoms with Crippen LogP contribution in [0.15, 0.2) is 59.3 Å². The molecule has 4 heterocycles. The van der Waals surface area contributed by atoms with E-state index in [0.29, 0.717) is 36.3 Å². The first-order valence-corrected chi connectivity index (χ1v) is 9.90. The molecule has 1 aromatic carbocycles. The Morgan fingerprint density at radius 1 is 1.17 bits per heavy atom. The molecule has 1 aliphatic rings. The average molecular weight is 421 g/mol. The van der Waals surface area contributed by atoms with E-state index in [1.54, 1.807) is 17.2 Å². The number of fused-ring (bicyclic) bond motifs is 2. The van der Waals surface area contributed by atoms with Crippen molar-refractivity contribution >= 4 is 28.4 Å². The second-order valence-electron chi connectivity index (χ2n) is 6.96. The molecule has 150 valence electrons. The van der Waals surface area contributed by atoms with E-state index in [0.717, 1.165) is 22.2 Å². The number of nitrogens with zero attached hydrogens (tertiary/aromatic N) is 4. The summed E-state index contributed by atoms with van der Waals surface area (Å²) in [4.78, 5) is 27.6. The molecule has 8 heteroatoms. The van der Waals surface area contributed by atoms with Crippen LogP contribution >= 0.6 is 11.6 Å². The summed E-state index contributed by atoms with van der Waals surface area (Å²) in [5.41, 5.74) is 2.96. The molecule has 0 N–H and O–H groups in total. The molecule has 5 rings (SSSR count). The first-order chi connectivity index (χ1) is 14.7. The summed E-state index contributed by atoms with van der Waals surface area (Å²) in [6.45, 7) is 1.13. The lowest BCUT2D eigenvalue weighted by Crippen LogP contribution is -2.36. The van der Waals surface area contributed by atoms with Crippen molar-refractivity contribution in [3.8, 4) is 5.75 Å². The average Bonchev–Trinajstić information content (AvgIpc) is 3.26. The van der Waals surface area contributed by atoms with E-state index < -0.39 is 0 Å². The third-order valence-electron chi connectivity index (χ3n) is 5.02. The summed E-state index contributed by atoms with van der Waals surface area (Å²) < 4.78 is 11.3. The normalized spacial score (nSPS) is 13.3. The van der Waals surface area contributed by atoms with Crippen molar-refractivity contribution in [2.24, 2.45) is 0 Å². The smallest absolute Gasteiger partial charge is 0.276 e. The number of aromatic nitrogens is 3. The zero-order chi connectivity index (χ0) is 20.5. The molecule has 0 spiro atoms. The van der Waals surface area contributed by atoms with E-state index in [4.69, 9.17) is 20.8 Å². The Kier molecular flexibility index (Phi) is 4.80. The van der Waals surface area contributed by atoms with Gasteiger partial charge in [0.2, 0.25) is 5.89 Å². The molecule has 0 unspecified atom stereocenters. The first-order valence-electron chi connectivity index (χ1n) is 9.52. The van der Waals surface area contributed by atoms with Gasteiger partial charge in [0.15, 0.2) is 12.3 Å². The Hall–Kier alpha value is -3.45. The Morgan fingerprint density at radius 3 is 3.00 bits per heavy atom. The quantitative estimate of drug-likeness (QED) is 0.463. The number of benzene rings is 1. The van der Waals surface area contributed by atoms with Gasteiger partial charge in [-0.3, -0.25) is 9.78 Å². The number of carbonyl (C=O) groups excluding carboxylic acids is 1. The molecule has 1 aliphatic heterocycles. The third-order valence-corrected chi connectivity index (χ3v) is 5.23. The van der Waals surface area contributed by atoms with E-state index >= 15 is 0 Å². The fraction of sp³-hybridized carbons (Fsp3) is 0.182. The Balaban J connectivity index is 1.27. The number of halogens is 1. The van der Waals surface area contributed by atoms with Crippen molar-refractivity contribution in [2.75, 3.05) is 6.54 Å². The molecular weight excluding hydrogens is 404 g/mol. The SMILES string of the molecule is O=C(c1coc(COc2cccc3cccnc23)n1)N1CCc2nc(Cl)ccc2C1. The van der Waals surface area contributed by atoms with Gasteiger partial charge in [0, 0.05) is 36.8 Å². The van der Waals surface area contributed by atoms with Crippen LogP contribution in [0.4, 0.5) is 0 Å². The summed E-state index contributed by atoms with van der Waals surface area (Å²) >= 11 is 5.95. The van der Waals surface area contributed by atoms with Gasteiger partial charge >= 0.3 is 0 Å². The standard InChI is InChI=1S/C22H17ClN4O3/c23-19-7-6-15-11-27(10-8-16(15)25-19)22(28)17-12-30-20(26-17)13-29-18-5-1-3-14-4-2-9-24-21(14)18/h1-7,9,12H,8,10-11,13H2. The van der Waals surface area contributed by atoms with Gasteiger partial charge < -0.3 is 14.1 Å². The maximum absolute atomic E-state index is 12.8. The molecule has 3 aromatic heterocycles. The van der Waals surface area contributed by atoms with E-state index in [1.165, 1.54) is 6.26 Å². The fourth-order valence-corrected chi connectivity index (χ4v) is 3.70. The zero-order valence-corrected chi connectivity index (χ0v) is 16.7. The second-order valence-corrected chi connectivity index (χ2v) is 7.35. The number of carbonyl (C=O) groups is 1. The zero-order valence-electron chi connectivity index (χ0n) is 15.9. The lowest BCUT2D eigenvalue weighted by Gasteiger charge is -2.27. The Morgan fingerprint density at radius 2 is 2.07 bits per heavy atom. The minimum absolute atomic E-state index is 0.105. The number of hydrogen-bond donors (Lipinski definition) is 0. The number of pyridine rings is 2. The van der Waals surface area contributed by atoms with Gasteiger partial charge in [0.05, 0.1) is 0 Å². The largest absolute Gasteiger partial charge is 0.482 e. The van der Waals surface area contributed by atoms with Gasteiger partial charge in [-0.2, -0.15) is 0 Å². The van der Waals surface area contributed by atoms with Crippen molar-refractivity contribution in [1.29, 1.82) is 0 Å². The van der Waals surface area contributed by atoms with Crippen LogP contribution in [0.2, 0.25) is 5.15 Å². The van der Waals surface area contributed by atoms with Crippen LogP contribution in [-0.4, -0.2) is 32.3 Å². The van der Waals surface area contributed by atoms with Gasteiger partial charge in [-0.05, 0) is 23.8 Å². The van der Waals surface area contributed by atoms with Crippen molar-refractivity contribution in [2.45, 2.75) is 19.6 Å². The predicted molar refractivity (Wildman–Crippen MR) is 110 cm³/mol. The van der Waals surface area contributed by atoms with Crippen molar-refractivity contribution in [3.05, 3.63) is 82.9 Å². The highest BCUT2D eigenvalue weighted by atomic mass is 35.5. The van der Waals surface area contributed by atoms with Crippen LogP contribution in [0.1, 0.15) is 27.6 Å². The molecule has 30 heavy (non-hydrogen) atoms. The lowest BCUT2D eigenvalue weighted by molar-refractivity contribution is 0.0727. The van der Waals surface area contributed by atoms with E-state index in [-0.39, 0.29) is 18.2 Å². The summed E-state index contributed by atoms with van der Waals surface area (Å²) in [6, 6.07) is 13.2. The molecule has 0 bridgehead atoms. The van der Waals surface area contributed by atoms with Crippen LogP contribution < -0.4 is 4.74 Å². The summed E-state index contributed by atoms with van der Waals surface area (Å²) in [5, 5.41) is 1.45. The van der Waals surface area contributed by atoms with Crippen molar-refractivity contribution < 1.29 is 13.9 Å². The third kappa shape index (κ3) is 3.59. The monoisotopic (exact) mass is 420 g/mol. The molecule has 0 saturated heterocycles. The minimum atomic E-state index is -0.183. The number of oxazole rings is 1. The highest BCUT2D eigenvalue weighted by Crippen LogP contribution is 2.24. The van der Waals surface area contributed by atoms with Crippen molar-refractivity contribution in [1.82, 2.24) is 19.9 Å². The first kappa shape index (κ1) is 18.6. The molecule has 0 fully saturated rings. The molecule has 0 atom stereocenters. The molecule has 4 aromatic rings. The molecule has 0 radical (unpaired) electrons. The number of ether oxygens (including phenoxy) is 1. The Labute approximate surface area is 177 Å². The highest BCUT2D eigenvalue weighted by molar-refractivity contribution is 6.29. The van der Waals surface area contributed by atoms with Crippen LogP contribution in [-0.2, 0) is 19.6 Å². The maximum Gasteiger partial charge on any atom is 0.276 e. The van der Waals surface area contributed by atoms with Crippen LogP contribution in [0.25, 0.3) is 10.9 Å². The molecule has 0 saturated carbocycles. The topological polar surface area (TPSA) is 81.3 Å².